The van der Waals surface area contributed by atoms with E-state index in [1.807, 2.05) is 36.5 Å². The van der Waals surface area contributed by atoms with Crippen molar-refractivity contribution in [2.24, 2.45) is 0 Å². The minimum Gasteiger partial charge on any atom is -0.362 e. The van der Waals surface area contributed by atoms with Gasteiger partial charge in [0.1, 0.15) is 0 Å². The summed E-state index contributed by atoms with van der Waals surface area (Å²) in [6, 6.07) is 10.1. The van der Waals surface area contributed by atoms with Crippen LogP contribution in [-0.2, 0) is 0 Å². The highest BCUT2D eigenvalue weighted by Crippen LogP contribution is 2.04. The average Bonchev–Trinajstić information content (AvgIpc) is 2.07. The van der Waals surface area contributed by atoms with E-state index in [0.717, 1.165) is 12.1 Å². The van der Waals surface area contributed by atoms with Gasteiger partial charge < -0.3 is 5.32 Å². The Labute approximate surface area is 67.8 Å². The Kier molecular flexibility index (Phi) is 3.26. The lowest BCUT2D eigenvalue weighted by Crippen LogP contribution is -1.84. The Balaban J connectivity index is 2.45. The third-order valence-electron chi connectivity index (χ3n) is 1.38. The van der Waals surface area contributed by atoms with Gasteiger partial charge in [0.2, 0.25) is 0 Å². The third kappa shape index (κ3) is 2.89. The molecule has 0 amide bonds. The molecule has 58 valence electrons. The van der Waals surface area contributed by atoms with Gasteiger partial charge in [-0.1, -0.05) is 31.2 Å². The second-order valence-corrected chi connectivity index (χ2v) is 2.32. The first-order valence-electron chi connectivity index (χ1n) is 3.90. The monoisotopic (exact) mass is 147 g/mol. The van der Waals surface area contributed by atoms with E-state index in [0.29, 0.717) is 0 Å². The lowest BCUT2D eigenvalue weighted by atomic mass is 10.3. The smallest absolute Gasteiger partial charge is 0.0379 e. The summed E-state index contributed by atoms with van der Waals surface area (Å²) in [5.74, 6) is 0. The van der Waals surface area contributed by atoms with Crippen LogP contribution < -0.4 is 5.32 Å². The van der Waals surface area contributed by atoms with E-state index in [4.69, 9.17) is 0 Å². The zero-order chi connectivity index (χ0) is 7.94. The highest BCUT2D eigenvalue weighted by atomic mass is 14.8. The molecule has 0 radical (unpaired) electrons. The van der Waals surface area contributed by atoms with Gasteiger partial charge >= 0.3 is 0 Å². The molecule has 0 unspecified atom stereocenters. The molecule has 0 saturated carbocycles. The van der Waals surface area contributed by atoms with Crippen LogP contribution in [0.25, 0.3) is 0 Å². The first-order chi connectivity index (χ1) is 5.43. The molecule has 1 nitrogen and oxygen atoms in total. The fraction of sp³-hybridized carbons (Fsp3) is 0.200. The molecule has 0 spiro atoms. The second kappa shape index (κ2) is 4.56. The van der Waals surface area contributed by atoms with Crippen LogP contribution in [0.3, 0.4) is 0 Å². The van der Waals surface area contributed by atoms with E-state index in [1.54, 1.807) is 0 Å². The minimum atomic E-state index is 1.07. The molecule has 1 N–H and O–H groups in total. The molecule has 0 aliphatic carbocycles. The molecule has 0 heterocycles. The van der Waals surface area contributed by atoms with Crippen molar-refractivity contribution in [3.63, 3.8) is 0 Å². The van der Waals surface area contributed by atoms with Gasteiger partial charge in [-0.2, -0.15) is 0 Å². The van der Waals surface area contributed by atoms with Crippen LogP contribution >= 0.6 is 0 Å². The van der Waals surface area contributed by atoms with Gasteiger partial charge in [-0.3, -0.25) is 0 Å². The van der Waals surface area contributed by atoms with Crippen LogP contribution in [0.4, 0.5) is 5.69 Å². The summed E-state index contributed by atoms with van der Waals surface area (Å²) < 4.78 is 0. The van der Waals surface area contributed by atoms with Crippen molar-refractivity contribution in [2.45, 2.75) is 13.3 Å². The molecule has 0 aliphatic heterocycles. The van der Waals surface area contributed by atoms with Crippen LogP contribution in [-0.4, -0.2) is 0 Å². The lowest BCUT2D eigenvalue weighted by molar-refractivity contribution is 1.22. The Morgan fingerprint density at radius 2 is 2.00 bits per heavy atom. The molecule has 0 aliphatic rings. The average molecular weight is 147 g/mol. The summed E-state index contributed by atoms with van der Waals surface area (Å²) >= 11 is 0. The number of hydrogen-bond donors (Lipinski definition) is 1. The zero-order valence-electron chi connectivity index (χ0n) is 6.75. The molecule has 1 aromatic rings. The van der Waals surface area contributed by atoms with Crippen molar-refractivity contribution in [3.05, 3.63) is 42.6 Å². The number of hydrogen-bond acceptors (Lipinski definition) is 1. The molecule has 0 saturated heterocycles. The third-order valence-corrected chi connectivity index (χ3v) is 1.38. The standard InChI is InChI=1S/C10H13N/c1-2-3-9-11-10-7-5-4-6-8-10/h3-9,11H,2H2,1H3/b9-3-. The molecule has 1 heteroatoms. The maximum absolute atomic E-state index is 3.16. The van der Waals surface area contributed by atoms with Crippen LogP contribution in [0.5, 0.6) is 0 Å². The maximum Gasteiger partial charge on any atom is 0.0379 e. The van der Waals surface area contributed by atoms with Crippen LogP contribution in [0.15, 0.2) is 42.6 Å². The Morgan fingerprint density at radius 1 is 1.27 bits per heavy atom. The molecule has 11 heavy (non-hydrogen) atoms. The zero-order valence-corrected chi connectivity index (χ0v) is 6.75. The van der Waals surface area contributed by atoms with Crippen LogP contribution in [0, 0.1) is 0 Å². The number of nitrogens with one attached hydrogen (secondary N) is 1. The largest absolute Gasteiger partial charge is 0.362 e. The molecule has 1 rings (SSSR count). The van der Waals surface area contributed by atoms with Crippen molar-refractivity contribution < 1.29 is 0 Å². The van der Waals surface area contributed by atoms with E-state index in [2.05, 4.69) is 18.3 Å². The quantitative estimate of drug-likeness (QED) is 0.693. The molecule has 0 atom stereocenters. The van der Waals surface area contributed by atoms with Gasteiger partial charge in [-0.15, -0.1) is 0 Å². The molecular formula is C10H13N. The summed E-state index contributed by atoms with van der Waals surface area (Å²) in [5, 5.41) is 3.16. The predicted octanol–water partition coefficient (Wildman–Crippen LogP) is 3.02. The molecular weight excluding hydrogens is 134 g/mol. The topological polar surface area (TPSA) is 12.0 Å². The molecule has 1 aromatic carbocycles. The molecule has 0 bridgehead atoms. The first-order valence-corrected chi connectivity index (χ1v) is 3.90. The summed E-state index contributed by atoms with van der Waals surface area (Å²) in [6.45, 7) is 2.11. The minimum absolute atomic E-state index is 1.07. The maximum atomic E-state index is 3.16. The summed E-state index contributed by atoms with van der Waals surface area (Å²) in [5.41, 5.74) is 1.14. The SMILES string of the molecule is CC/C=C\Nc1ccccc1. The highest BCUT2D eigenvalue weighted by Gasteiger charge is 1.81. The fourth-order valence-electron chi connectivity index (χ4n) is 0.807. The summed E-state index contributed by atoms with van der Waals surface area (Å²) in [4.78, 5) is 0. The van der Waals surface area contributed by atoms with Crippen molar-refractivity contribution in [3.8, 4) is 0 Å². The Hall–Kier alpha value is -1.24. The van der Waals surface area contributed by atoms with Gasteiger partial charge in [0.25, 0.3) is 0 Å². The Bertz CT molecular complexity index is 214. The number of anilines is 1. The van der Waals surface area contributed by atoms with Gasteiger partial charge in [0.05, 0.1) is 0 Å². The van der Waals surface area contributed by atoms with Crippen molar-refractivity contribution in [2.75, 3.05) is 5.32 Å². The number of para-hydroxylation sites is 1. The van der Waals surface area contributed by atoms with Gasteiger partial charge in [0.15, 0.2) is 0 Å². The second-order valence-electron chi connectivity index (χ2n) is 2.32. The number of benzene rings is 1. The van der Waals surface area contributed by atoms with Crippen molar-refractivity contribution in [1.82, 2.24) is 0 Å². The molecule has 0 fully saturated rings. The van der Waals surface area contributed by atoms with Crippen molar-refractivity contribution >= 4 is 5.69 Å². The van der Waals surface area contributed by atoms with E-state index in [-0.39, 0.29) is 0 Å². The normalized spacial score (nSPS) is 10.3. The number of rotatable bonds is 3. The van der Waals surface area contributed by atoms with Crippen molar-refractivity contribution in [1.29, 1.82) is 0 Å². The highest BCUT2D eigenvalue weighted by molar-refractivity contribution is 5.44. The van der Waals surface area contributed by atoms with E-state index >= 15 is 0 Å². The van der Waals surface area contributed by atoms with E-state index in [1.165, 1.54) is 0 Å². The van der Waals surface area contributed by atoms with E-state index < -0.39 is 0 Å². The van der Waals surface area contributed by atoms with Gasteiger partial charge in [-0.25, -0.2) is 0 Å². The summed E-state index contributed by atoms with van der Waals surface area (Å²) in [7, 11) is 0. The fourth-order valence-corrected chi connectivity index (χ4v) is 0.807. The van der Waals surface area contributed by atoms with Gasteiger partial charge in [0, 0.05) is 5.69 Å². The first kappa shape index (κ1) is 7.86. The molecule has 0 aromatic heterocycles. The number of allylic oxidation sites excluding steroid dienone is 1. The lowest BCUT2D eigenvalue weighted by Gasteiger charge is -1.97. The van der Waals surface area contributed by atoms with Gasteiger partial charge in [-0.05, 0) is 24.8 Å². The van der Waals surface area contributed by atoms with E-state index in [9.17, 15) is 0 Å². The van der Waals surface area contributed by atoms with Crippen LogP contribution in [0.1, 0.15) is 13.3 Å². The summed E-state index contributed by atoms with van der Waals surface area (Å²) in [6.07, 6.45) is 5.13. The predicted molar refractivity (Wildman–Crippen MR) is 49.5 cm³/mol. The van der Waals surface area contributed by atoms with Crippen LogP contribution in [0.2, 0.25) is 0 Å². The Morgan fingerprint density at radius 3 is 2.64 bits per heavy atom.